The zero-order valence-electron chi connectivity index (χ0n) is 9.83. The Bertz CT molecular complexity index is 499. The van der Waals surface area contributed by atoms with Gasteiger partial charge in [-0.15, -0.1) is 36.2 Å². The maximum Gasteiger partial charge on any atom is 0.123 e. The van der Waals surface area contributed by atoms with Gasteiger partial charge in [-0.1, -0.05) is 30.3 Å². The zero-order chi connectivity index (χ0) is 11.0. The summed E-state index contributed by atoms with van der Waals surface area (Å²) < 4.78 is 0. The number of nitrogens with zero attached hydrogens (tertiary/aromatic N) is 1. The van der Waals surface area contributed by atoms with E-state index in [4.69, 9.17) is 10.7 Å². The van der Waals surface area contributed by atoms with Gasteiger partial charge in [-0.2, -0.15) is 0 Å². The molecule has 2 N–H and O–H groups in total. The molecule has 1 atom stereocenters. The summed E-state index contributed by atoms with van der Waals surface area (Å²) in [6, 6.07) is 10.6. The van der Waals surface area contributed by atoms with Crippen molar-refractivity contribution in [1.29, 1.82) is 0 Å². The number of thiazole rings is 1. The first-order valence-electron chi connectivity index (χ1n) is 5.65. The summed E-state index contributed by atoms with van der Waals surface area (Å²) in [5.41, 5.74) is 8.54. The Morgan fingerprint density at radius 1 is 1.17 bits per heavy atom. The van der Waals surface area contributed by atoms with E-state index < -0.39 is 0 Å². The molecule has 1 aromatic heterocycles. The van der Waals surface area contributed by atoms with E-state index in [1.165, 1.54) is 22.6 Å². The van der Waals surface area contributed by atoms with Crippen molar-refractivity contribution in [3.63, 3.8) is 0 Å². The molecule has 2 nitrogen and oxygen atoms in total. The second-order valence-electron chi connectivity index (χ2n) is 4.19. The zero-order valence-corrected chi connectivity index (χ0v) is 12.3. The van der Waals surface area contributed by atoms with Crippen LogP contribution in [0.3, 0.4) is 0 Å². The normalized spacial score (nSPS) is 17.3. The van der Waals surface area contributed by atoms with E-state index in [0.717, 1.165) is 17.8 Å². The minimum atomic E-state index is 0. The van der Waals surface area contributed by atoms with Crippen LogP contribution in [-0.2, 0) is 6.42 Å². The van der Waals surface area contributed by atoms with Gasteiger partial charge in [-0.3, -0.25) is 0 Å². The molecule has 1 aliphatic rings. The van der Waals surface area contributed by atoms with Crippen LogP contribution in [0, 0.1) is 0 Å². The average Bonchev–Trinajstić information content (AvgIpc) is 2.76. The van der Waals surface area contributed by atoms with E-state index in [0.29, 0.717) is 0 Å². The van der Waals surface area contributed by atoms with Gasteiger partial charge in [0.1, 0.15) is 5.01 Å². The van der Waals surface area contributed by atoms with Crippen LogP contribution < -0.4 is 5.73 Å². The molecular formula is C13H16Cl2N2S. The molecule has 0 saturated heterocycles. The van der Waals surface area contributed by atoms with Crippen molar-refractivity contribution in [2.75, 3.05) is 0 Å². The lowest BCUT2D eigenvalue weighted by Gasteiger charge is -2.15. The first-order chi connectivity index (χ1) is 7.84. The number of rotatable bonds is 1. The van der Waals surface area contributed by atoms with Crippen LogP contribution in [0.1, 0.15) is 29.5 Å². The summed E-state index contributed by atoms with van der Waals surface area (Å²) in [6.45, 7) is 0. The Hall–Kier alpha value is -0.610. The van der Waals surface area contributed by atoms with Crippen LogP contribution in [-0.4, -0.2) is 4.98 Å². The minimum Gasteiger partial charge on any atom is -0.323 e. The number of benzene rings is 1. The number of nitrogens with two attached hydrogens (primary N) is 1. The van der Waals surface area contributed by atoms with Crippen LogP contribution in [0.15, 0.2) is 30.3 Å². The Balaban J connectivity index is 0.000000810. The lowest BCUT2D eigenvalue weighted by molar-refractivity contribution is 0.573. The third-order valence-electron chi connectivity index (χ3n) is 3.01. The SMILES string of the molecule is Cl.Cl.NC1CCCc2nc(-c3ccccc3)sc21. The summed E-state index contributed by atoms with van der Waals surface area (Å²) in [5, 5.41) is 1.11. The first kappa shape index (κ1) is 15.4. The fourth-order valence-corrected chi connectivity index (χ4v) is 3.31. The average molecular weight is 303 g/mol. The third kappa shape index (κ3) is 2.86. The molecule has 18 heavy (non-hydrogen) atoms. The molecule has 98 valence electrons. The van der Waals surface area contributed by atoms with Gasteiger partial charge in [0.25, 0.3) is 0 Å². The van der Waals surface area contributed by atoms with Crippen molar-refractivity contribution < 1.29 is 0 Å². The van der Waals surface area contributed by atoms with Crippen molar-refractivity contribution >= 4 is 36.2 Å². The van der Waals surface area contributed by atoms with Gasteiger partial charge in [0.05, 0.1) is 5.69 Å². The maximum atomic E-state index is 6.11. The number of halogens is 2. The molecule has 0 fully saturated rings. The fourth-order valence-electron chi connectivity index (χ4n) is 2.16. The third-order valence-corrected chi connectivity index (χ3v) is 4.29. The van der Waals surface area contributed by atoms with E-state index in [-0.39, 0.29) is 30.9 Å². The first-order valence-corrected chi connectivity index (χ1v) is 6.47. The van der Waals surface area contributed by atoms with Crippen molar-refractivity contribution in [3.8, 4) is 10.6 Å². The smallest absolute Gasteiger partial charge is 0.123 e. The Morgan fingerprint density at radius 2 is 1.89 bits per heavy atom. The van der Waals surface area contributed by atoms with E-state index in [2.05, 4.69) is 24.3 Å². The highest BCUT2D eigenvalue weighted by Gasteiger charge is 2.21. The van der Waals surface area contributed by atoms with Gasteiger partial charge >= 0.3 is 0 Å². The topological polar surface area (TPSA) is 38.9 Å². The number of fused-ring (bicyclic) bond motifs is 1. The number of aryl methyl sites for hydroxylation is 1. The molecule has 2 aromatic rings. The number of hydrogen-bond acceptors (Lipinski definition) is 3. The van der Waals surface area contributed by atoms with Gasteiger partial charge in [-0.05, 0) is 19.3 Å². The summed E-state index contributed by atoms with van der Waals surface area (Å²) >= 11 is 1.76. The molecule has 0 amide bonds. The monoisotopic (exact) mass is 302 g/mol. The maximum absolute atomic E-state index is 6.11. The summed E-state index contributed by atoms with van der Waals surface area (Å²) in [4.78, 5) is 6.01. The van der Waals surface area contributed by atoms with Crippen molar-refractivity contribution in [1.82, 2.24) is 4.98 Å². The standard InChI is InChI=1S/C13H14N2S.2ClH/c14-10-7-4-8-11-12(10)16-13(15-11)9-5-2-1-3-6-9;;/h1-3,5-6,10H,4,7-8,14H2;2*1H. The molecule has 0 aliphatic heterocycles. The van der Waals surface area contributed by atoms with Crippen LogP contribution in [0.5, 0.6) is 0 Å². The molecule has 1 unspecified atom stereocenters. The fraction of sp³-hybridized carbons (Fsp3) is 0.308. The molecule has 5 heteroatoms. The summed E-state index contributed by atoms with van der Waals surface area (Å²) in [5.74, 6) is 0. The second-order valence-corrected chi connectivity index (χ2v) is 5.23. The molecule has 0 spiro atoms. The molecule has 1 aliphatic carbocycles. The second kappa shape index (κ2) is 6.53. The highest BCUT2D eigenvalue weighted by atomic mass is 35.5. The van der Waals surface area contributed by atoms with Crippen molar-refractivity contribution in [3.05, 3.63) is 40.9 Å². The lowest BCUT2D eigenvalue weighted by atomic mass is 9.99. The van der Waals surface area contributed by atoms with Gasteiger partial charge in [-0.25, -0.2) is 4.98 Å². The molecule has 0 saturated carbocycles. The van der Waals surface area contributed by atoms with Gasteiger partial charge in [0.2, 0.25) is 0 Å². The molecule has 1 heterocycles. The van der Waals surface area contributed by atoms with Crippen molar-refractivity contribution in [2.24, 2.45) is 5.73 Å². The molecule has 0 radical (unpaired) electrons. The molecule has 3 rings (SSSR count). The number of aromatic nitrogens is 1. The van der Waals surface area contributed by atoms with Gasteiger partial charge in [0.15, 0.2) is 0 Å². The van der Waals surface area contributed by atoms with Crippen molar-refractivity contribution in [2.45, 2.75) is 25.3 Å². The van der Waals surface area contributed by atoms with E-state index in [1.807, 2.05) is 6.07 Å². The quantitative estimate of drug-likeness (QED) is 0.865. The predicted molar refractivity (Wildman–Crippen MR) is 81.9 cm³/mol. The van der Waals surface area contributed by atoms with Crippen LogP contribution >= 0.6 is 36.2 Å². The van der Waals surface area contributed by atoms with E-state index in [9.17, 15) is 0 Å². The predicted octanol–water partition coefficient (Wildman–Crippen LogP) is 3.99. The Morgan fingerprint density at radius 3 is 2.56 bits per heavy atom. The Labute approximate surface area is 123 Å². The van der Waals surface area contributed by atoms with E-state index in [1.54, 1.807) is 11.3 Å². The highest BCUT2D eigenvalue weighted by molar-refractivity contribution is 7.15. The van der Waals surface area contributed by atoms with Gasteiger partial charge in [0, 0.05) is 16.5 Å². The lowest BCUT2D eigenvalue weighted by Crippen LogP contribution is -2.15. The number of hydrogen-bond donors (Lipinski definition) is 1. The molecule has 0 bridgehead atoms. The van der Waals surface area contributed by atoms with Gasteiger partial charge < -0.3 is 5.73 Å². The summed E-state index contributed by atoms with van der Waals surface area (Å²) in [6.07, 6.45) is 3.36. The van der Waals surface area contributed by atoms with Crippen LogP contribution in [0.2, 0.25) is 0 Å². The largest absolute Gasteiger partial charge is 0.323 e. The minimum absolute atomic E-state index is 0. The molecule has 1 aromatic carbocycles. The highest BCUT2D eigenvalue weighted by Crippen LogP contribution is 2.36. The summed E-state index contributed by atoms with van der Waals surface area (Å²) in [7, 11) is 0. The Kier molecular flexibility index (Phi) is 5.60. The molecular weight excluding hydrogens is 287 g/mol. The van der Waals surface area contributed by atoms with Crippen LogP contribution in [0.4, 0.5) is 0 Å². The van der Waals surface area contributed by atoms with Crippen LogP contribution in [0.25, 0.3) is 10.6 Å². The van der Waals surface area contributed by atoms with E-state index >= 15 is 0 Å².